The highest BCUT2D eigenvalue weighted by Crippen LogP contribution is 2.05. The number of nitrogens with zero attached hydrogens (tertiary/aromatic N) is 2. The van der Waals surface area contributed by atoms with E-state index in [-0.39, 0.29) is 0 Å². The molecule has 0 aliphatic carbocycles. The summed E-state index contributed by atoms with van der Waals surface area (Å²) in [5.74, 6) is 0. The monoisotopic (exact) mass is 267 g/mol. The zero-order chi connectivity index (χ0) is 14.1. The zero-order valence-electron chi connectivity index (χ0n) is 12.1. The molecule has 1 unspecified atom stereocenters. The SMILES string of the molecule is COCCN(CCc1ccc(N)cn1)C(C)COC. The Morgan fingerprint density at radius 1 is 1.26 bits per heavy atom. The highest BCUT2D eigenvalue weighted by molar-refractivity contribution is 5.34. The Labute approximate surface area is 115 Å². The van der Waals surface area contributed by atoms with Gasteiger partial charge in [0.1, 0.15) is 0 Å². The second kappa shape index (κ2) is 8.85. The van der Waals surface area contributed by atoms with Crippen molar-refractivity contribution in [3.63, 3.8) is 0 Å². The summed E-state index contributed by atoms with van der Waals surface area (Å²) in [6, 6.07) is 4.24. The van der Waals surface area contributed by atoms with Crippen LogP contribution in [0.25, 0.3) is 0 Å². The number of rotatable bonds is 9. The van der Waals surface area contributed by atoms with E-state index in [1.165, 1.54) is 0 Å². The largest absolute Gasteiger partial charge is 0.397 e. The van der Waals surface area contributed by atoms with Crippen LogP contribution >= 0.6 is 0 Å². The van der Waals surface area contributed by atoms with Gasteiger partial charge >= 0.3 is 0 Å². The first-order valence-corrected chi connectivity index (χ1v) is 6.59. The maximum atomic E-state index is 5.63. The lowest BCUT2D eigenvalue weighted by Gasteiger charge is -2.28. The lowest BCUT2D eigenvalue weighted by Crippen LogP contribution is -2.39. The van der Waals surface area contributed by atoms with Gasteiger partial charge in [0.05, 0.1) is 25.1 Å². The first kappa shape index (κ1) is 15.9. The molecule has 0 aromatic carbocycles. The van der Waals surface area contributed by atoms with Gasteiger partial charge < -0.3 is 15.2 Å². The highest BCUT2D eigenvalue weighted by atomic mass is 16.5. The third kappa shape index (κ3) is 6.00. The Morgan fingerprint density at radius 3 is 2.63 bits per heavy atom. The Bertz CT molecular complexity index is 343. The van der Waals surface area contributed by atoms with E-state index in [4.69, 9.17) is 15.2 Å². The number of hydrogen-bond donors (Lipinski definition) is 1. The van der Waals surface area contributed by atoms with E-state index in [9.17, 15) is 0 Å². The van der Waals surface area contributed by atoms with Crippen LogP contribution in [0.3, 0.4) is 0 Å². The fraction of sp³-hybridized carbons (Fsp3) is 0.643. The molecule has 0 aliphatic heterocycles. The van der Waals surface area contributed by atoms with Crippen molar-refractivity contribution in [1.29, 1.82) is 0 Å². The molecular weight excluding hydrogens is 242 g/mol. The van der Waals surface area contributed by atoms with E-state index in [0.29, 0.717) is 11.7 Å². The van der Waals surface area contributed by atoms with Crippen LogP contribution < -0.4 is 5.73 Å². The summed E-state index contributed by atoms with van der Waals surface area (Å²) in [7, 11) is 3.45. The number of aromatic nitrogens is 1. The molecule has 2 N–H and O–H groups in total. The number of hydrogen-bond acceptors (Lipinski definition) is 5. The summed E-state index contributed by atoms with van der Waals surface area (Å²) in [6.45, 7) is 5.44. The van der Waals surface area contributed by atoms with Gasteiger partial charge in [-0.15, -0.1) is 0 Å². The van der Waals surface area contributed by atoms with E-state index >= 15 is 0 Å². The van der Waals surface area contributed by atoms with Crippen LogP contribution in [0.1, 0.15) is 12.6 Å². The number of pyridine rings is 1. The molecule has 5 heteroatoms. The van der Waals surface area contributed by atoms with Crippen LogP contribution in [0.15, 0.2) is 18.3 Å². The van der Waals surface area contributed by atoms with Crippen LogP contribution in [0.4, 0.5) is 5.69 Å². The van der Waals surface area contributed by atoms with Crippen molar-refractivity contribution in [3.05, 3.63) is 24.0 Å². The van der Waals surface area contributed by atoms with Crippen LogP contribution in [-0.2, 0) is 15.9 Å². The predicted octanol–water partition coefficient (Wildman–Crippen LogP) is 1.19. The van der Waals surface area contributed by atoms with Gasteiger partial charge in [-0.3, -0.25) is 9.88 Å². The fourth-order valence-electron chi connectivity index (χ4n) is 1.95. The van der Waals surface area contributed by atoms with Gasteiger partial charge in [0.25, 0.3) is 0 Å². The van der Waals surface area contributed by atoms with Gasteiger partial charge in [-0.25, -0.2) is 0 Å². The van der Waals surface area contributed by atoms with Crippen molar-refractivity contribution in [1.82, 2.24) is 9.88 Å². The molecule has 0 spiro atoms. The standard InChI is InChI=1S/C14H25N3O2/c1-12(11-19-3)17(8-9-18-2)7-6-14-5-4-13(15)10-16-14/h4-5,10,12H,6-9,11,15H2,1-3H3. The molecule has 0 aliphatic rings. The highest BCUT2D eigenvalue weighted by Gasteiger charge is 2.13. The van der Waals surface area contributed by atoms with Crippen molar-refractivity contribution >= 4 is 5.69 Å². The van der Waals surface area contributed by atoms with Gasteiger partial charge in [-0.05, 0) is 19.1 Å². The lowest BCUT2D eigenvalue weighted by molar-refractivity contribution is 0.0757. The molecule has 108 valence electrons. The average Bonchev–Trinajstić information content (AvgIpc) is 2.41. The topological polar surface area (TPSA) is 60.6 Å². The van der Waals surface area contributed by atoms with Gasteiger partial charge in [0.15, 0.2) is 0 Å². The normalized spacial score (nSPS) is 12.8. The first-order chi connectivity index (χ1) is 9.17. The van der Waals surface area contributed by atoms with Crippen molar-refractivity contribution in [2.75, 3.05) is 46.3 Å². The van der Waals surface area contributed by atoms with Crippen LogP contribution in [-0.4, -0.2) is 56.4 Å². The third-order valence-corrected chi connectivity index (χ3v) is 3.12. The number of anilines is 1. The lowest BCUT2D eigenvalue weighted by atomic mass is 10.2. The Hall–Kier alpha value is -1.17. The Morgan fingerprint density at radius 2 is 2.05 bits per heavy atom. The van der Waals surface area contributed by atoms with E-state index in [1.807, 2.05) is 12.1 Å². The molecule has 1 aromatic rings. The molecule has 19 heavy (non-hydrogen) atoms. The van der Waals surface area contributed by atoms with Gasteiger partial charge in [-0.2, -0.15) is 0 Å². The molecule has 5 nitrogen and oxygen atoms in total. The van der Waals surface area contributed by atoms with Crippen LogP contribution in [0.2, 0.25) is 0 Å². The number of nitrogens with two attached hydrogens (primary N) is 1. The second-order valence-electron chi connectivity index (χ2n) is 4.67. The summed E-state index contributed by atoms with van der Waals surface area (Å²) in [5, 5.41) is 0. The number of nitrogen functional groups attached to an aromatic ring is 1. The van der Waals surface area contributed by atoms with E-state index < -0.39 is 0 Å². The predicted molar refractivity (Wildman–Crippen MR) is 77.1 cm³/mol. The maximum absolute atomic E-state index is 5.63. The van der Waals surface area contributed by atoms with Crippen molar-refractivity contribution in [3.8, 4) is 0 Å². The van der Waals surface area contributed by atoms with Gasteiger partial charge in [-0.1, -0.05) is 0 Å². The number of ether oxygens (including phenoxy) is 2. The molecule has 0 bridgehead atoms. The number of methoxy groups -OCH3 is 2. The minimum absolute atomic E-state index is 0.369. The molecule has 0 amide bonds. The molecule has 0 radical (unpaired) electrons. The smallest absolute Gasteiger partial charge is 0.0615 e. The van der Waals surface area contributed by atoms with Gasteiger partial charge in [0.2, 0.25) is 0 Å². The molecule has 1 heterocycles. The summed E-state index contributed by atoms with van der Waals surface area (Å²) in [6.07, 6.45) is 2.60. The molecule has 1 aromatic heterocycles. The molecule has 0 fully saturated rings. The van der Waals surface area contributed by atoms with E-state index in [1.54, 1.807) is 20.4 Å². The zero-order valence-corrected chi connectivity index (χ0v) is 12.1. The molecule has 1 atom stereocenters. The van der Waals surface area contributed by atoms with Crippen molar-refractivity contribution < 1.29 is 9.47 Å². The maximum Gasteiger partial charge on any atom is 0.0615 e. The van der Waals surface area contributed by atoms with Crippen molar-refractivity contribution in [2.24, 2.45) is 0 Å². The molecule has 1 rings (SSSR count). The minimum Gasteiger partial charge on any atom is -0.397 e. The molecule has 0 saturated carbocycles. The summed E-state index contributed by atoms with van der Waals surface area (Å²) >= 11 is 0. The van der Waals surface area contributed by atoms with Crippen LogP contribution in [0, 0.1) is 0 Å². The van der Waals surface area contributed by atoms with Gasteiger partial charge in [0, 0.05) is 45.5 Å². The Kier molecular flexibility index (Phi) is 7.40. The molecule has 0 saturated heterocycles. The summed E-state index contributed by atoms with van der Waals surface area (Å²) < 4.78 is 10.4. The second-order valence-corrected chi connectivity index (χ2v) is 4.67. The third-order valence-electron chi connectivity index (χ3n) is 3.12. The summed E-state index contributed by atoms with van der Waals surface area (Å²) in [5.41, 5.74) is 7.39. The van der Waals surface area contributed by atoms with E-state index in [2.05, 4.69) is 16.8 Å². The minimum atomic E-state index is 0.369. The first-order valence-electron chi connectivity index (χ1n) is 6.59. The summed E-state index contributed by atoms with van der Waals surface area (Å²) in [4.78, 5) is 6.67. The average molecular weight is 267 g/mol. The Balaban J connectivity index is 2.49. The fourth-order valence-corrected chi connectivity index (χ4v) is 1.95. The molecular formula is C14H25N3O2. The van der Waals surface area contributed by atoms with Crippen molar-refractivity contribution in [2.45, 2.75) is 19.4 Å². The quantitative estimate of drug-likeness (QED) is 0.728. The van der Waals surface area contributed by atoms with Crippen LogP contribution in [0.5, 0.6) is 0 Å². The van der Waals surface area contributed by atoms with E-state index in [0.717, 1.165) is 38.4 Å².